The summed E-state index contributed by atoms with van der Waals surface area (Å²) in [7, 11) is 0. The van der Waals surface area contributed by atoms with Crippen LogP contribution in [0.25, 0.3) is 11.4 Å². The minimum atomic E-state index is -0.621. The Balaban J connectivity index is 2.59. The highest BCUT2D eigenvalue weighted by molar-refractivity contribution is 5.57. The third kappa shape index (κ3) is 1.68. The molecule has 0 aliphatic carbocycles. The Hall–Kier alpha value is -1.91. The first-order valence-corrected chi connectivity index (χ1v) is 4.41. The van der Waals surface area contributed by atoms with E-state index in [1.807, 2.05) is 0 Å². The van der Waals surface area contributed by atoms with Crippen LogP contribution in [0.5, 0.6) is 0 Å². The summed E-state index contributed by atoms with van der Waals surface area (Å²) in [6.45, 7) is 3.31. The molecule has 0 saturated carbocycles. The van der Waals surface area contributed by atoms with Crippen molar-refractivity contribution in [1.29, 1.82) is 0 Å². The smallest absolute Gasteiger partial charge is 0.296 e. The topological polar surface area (TPSA) is 58.9 Å². The normalized spacial score (nSPS) is 10.6. The quantitative estimate of drug-likeness (QED) is 0.777. The zero-order valence-corrected chi connectivity index (χ0v) is 8.30. The van der Waals surface area contributed by atoms with Crippen molar-refractivity contribution in [3.63, 3.8) is 0 Å². The van der Waals surface area contributed by atoms with E-state index in [9.17, 15) is 9.18 Å². The SMILES string of the molecule is Cc1cc(-c2noc(=O)[nH]2)cc(C)c1F. The van der Waals surface area contributed by atoms with E-state index < -0.39 is 5.76 Å². The maximum atomic E-state index is 13.3. The molecule has 0 spiro atoms. The van der Waals surface area contributed by atoms with Crippen LogP contribution in [0.4, 0.5) is 4.39 Å². The van der Waals surface area contributed by atoms with Crippen LogP contribution in [0.3, 0.4) is 0 Å². The summed E-state index contributed by atoms with van der Waals surface area (Å²) in [4.78, 5) is 13.2. The molecule has 1 heterocycles. The highest BCUT2D eigenvalue weighted by Crippen LogP contribution is 2.20. The van der Waals surface area contributed by atoms with Crippen molar-refractivity contribution in [3.05, 3.63) is 39.6 Å². The first kappa shape index (κ1) is 9.64. The third-order valence-electron chi connectivity index (χ3n) is 2.15. The highest BCUT2D eigenvalue weighted by Gasteiger charge is 2.09. The van der Waals surface area contributed by atoms with Gasteiger partial charge in [0.05, 0.1) is 0 Å². The molecule has 5 heteroatoms. The van der Waals surface area contributed by atoms with Crippen LogP contribution in [-0.2, 0) is 0 Å². The molecule has 1 aromatic heterocycles. The fourth-order valence-electron chi connectivity index (χ4n) is 1.44. The lowest BCUT2D eigenvalue weighted by atomic mass is 10.1. The molecule has 15 heavy (non-hydrogen) atoms. The first-order chi connectivity index (χ1) is 7.08. The van der Waals surface area contributed by atoms with Crippen molar-refractivity contribution in [1.82, 2.24) is 10.1 Å². The Bertz CT molecular complexity index is 534. The van der Waals surface area contributed by atoms with Crippen LogP contribution in [0.1, 0.15) is 11.1 Å². The summed E-state index contributed by atoms with van der Waals surface area (Å²) in [5.74, 6) is -0.555. The molecule has 0 unspecified atom stereocenters. The number of nitrogens with zero attached hydrogens (tertiary/aromatic N) is 1. The van der Waals surface area contributed by atoms with E-state index in [0.717, 1.165) is 0 Å². The van der Waals surface area contributed by atoms with Gasteiger partial charge in [-0.3, -0.25) is 9.51 Å². The second-order valence-electron chi connectivity index (χ2n) is 3.37. The van der Waals surface area contributed by atoms with Crippen molar-refractivity contribution in [2.24, 2.45) is 0 Å². The molecule has 0 amide bonds. The molecule has 0 aliphatic rings. The number of H-pyrrole nitrogens is 1. The molecule has 1 aromatic carbocycles. The molecule has 0 bridgehead atoms. The van der Waals surface area contributed by atoms with Crippen LogP contribution in [-0.4, -0.2) is 10.1 Å². The molecule has 1 N–H and O–H groups in total. The van der Waals surface area contributed by atoms with Crippen LogP contribution >= 0.6 is 0 Å². The van der Waals surface area contributed by atoms with E-state index in [0.29, 0.717) is 22.5 Å². The molecule has 0 aliphatic heterocycles. The Morgan fingerprint density at radius 3 is 2.40 bits per heavy atom. The first-order valence-electron chi connectivity index (χ1n) is 4.41. The lowest BCUT2D eigenvalue weighted by molar-refractivity contribution is 0.388. The average Bonchev–Trinajstić information content (AvgIpc) is 2.60. The zero-order valence-electron chi connectivity index (χ0n) is 8.30. The van der Waals surface area contributed by atoms with E-state index in [1.54, 1.807) is 26.0 Å². The maximum Gasteiger partial charge on any atom is 0.439 e. The number of aromatic amines is 1. The number of rotatable bonds is 1. The van der Waals surface area contributed by atoms with Crippen LogP contribution < -0.4 is 5.76 Å². The van der Waals surface area contributed by atoms with Crippen molar-refractivity contribution < 1.29 is 8.91 Å². The number of aromatic nitrogens is 2. The minimum absolute atomic E-state index is 0.246. The summed E-state index contributed by atoms with van der Waals surface area (Å²) in [6.07, 6.45) is 0. The Morgan fingerprint density at radius 2 is 1.93 bits per heavy atom. The molecule has 4 nitrogen and oxygen atoms in total. The van der Waals surface area contributed by atoms with Gasteiger partial charge in [-0.05, 0) is 37.1 Å². The predicted molar refractivity (Wildman–Crippen MR) is 52.0 cm³/mol. The molecule has 0 atom stereocenters. The minimum Gasteiger partial charge on any atom is -0.296 e. The van der Waals surface area contributed by atoms with Gasteiger partial charge in [0, 0.05) is 5.56 Å². The average molecular weight is 208 g/mol. The maximum absolute atomic E-state index is 13.3. The van der Waals surface area contributed by atoms with Gasteiger partial charge in [-0.1, -0.05) is 5.16 Å². The molecule has 0 saturated heterocycles. The van der Waals surface area contributed by atoms with E-state index >= 15 is 0 Å². The van der Waals surface area contributed by atoms with Gasteiger partial charge in [0.15, 0.2) is 5.82 Å². The van der Waals surface area contributed by atoms with E-state index in [-0.39, 0.29) is 5.82 Å². The Labute approximate surface area is 84.7 Å². The monoisotopic (exact) mass is 208 g/mol. The lowest BCUT2D eigenvalue weighted by Crippen LogP contribution is -1.96. The van der Waals surface area contributed by atoms with Crippen molar-refractivity contribution in [2.75, 3.05) is 0 Å². The standard InChI is InChI=1S/C10H9FN2O2/c1-5-3-7(4-6(2)8(5)11)9-12-10(14)15-13-9/h3-4H,1-2H3,(H,12,13,14). The molecule has 0 radical (unpaired) electrons. The Kier molecular flexibility index (Phi) is 2.15. The number of halogens is 1. The fraction of sp³-hybridized carbons (Fsp3) is 0.200. The summed E-state index contributed by atoms with van der Waals surface area (Å²) < 4.78 is 17.7. The van der Waals surface area contributed by atoms with E-state index in [1.165, 1.54) is 0 Å². The summed E-state index contributed by atoms with van der Waals surface area (Å²) in [5, 5.41) is 3.53. The van der Waals surface area contributed by atoms with Gasteiger partial charge in [0.25, 0.3) is 0 Å². The molecule has 0 fully saturated rings. The van der Waals surface area contributed by atoms with Gasteiger partial charge in [-0.2, -0.15) is 0 Å². The van der Waals surface area contributed by atoms with E-state index in [4.69, 9.17) is 0 Å². The van der Waals surface area contributed by atoms with Gasteiger partial charge in [0.2, 0.25) is 0 Å². The predicted octanol–water partition coefficient (Wildman–Crippen LogP) is 1.79. The zero-order chi connectivity index (χ0) is 11.0. The molecule has 78 valence electrons. The molecule has 2 aromatic rings. The third-order valence-corrected chi connectivity index (χ3v) is 2.15. The summed E-state index contributed by atoms with van der Waals surface area (Å²) >= 11 is 0. The molecular formula is C10H9FN2O2. The van der Waals surface area contributed by atoms with Gasteiger partial charge in [-0.15, -0.1) is 0 Å². The number of hydrogen-bond acceptors (Lipinski definition) is 3. The second-order valence-corrected chi connectivity index (χ2v) is 3.37. The van der Waals surface area contributed by atoms with Crippen molar-refractivity contribution in [2.45, 2.75) is 13.8 Å². The number of nitrogens with one attached hydrogen (secondary N) is 1. The van der Waals surface area contributed by atoms with Gasteiger partial charge in [-0.25, -0.2) is 9.18 Å². The summed E-state index contributed by atoms with van der Waals surface area (Å²) in [6, 6.07) is 3.21. The molecular weight excluding hydrogens is 199 g/mol. The largest absolute Gasteiger partial charge is 0.439 e. The second kappa shape index (κ2) is 3.34. The number of hydrogen-bond donors (Lipinski definition) is 1. The van der Waals surface area contributed by atoms with Gasteiger partial charge < -0.3 is 0 Å². The molecule has 2 rings (SSSR count). The van der Waals surface area contributed by atoms with Gasteiger partial charge >= 0.3 is 5.76 Å². The number of benzene rings is 1. The van der Waals surface area contributed by atoms with Crippen LogP contribution in [0.2, 0.25) is 0 Å². The van der Waals surface area contributed by atoms with E-state index in [2.05, 4.69) is 14.7 Å². The Morgan fingerprint density at radius 1 is 1.33 bits per heavy atom. The summed E-state index contributed by atoms with van der Waals surface area (Å²) in [5.41, 5.74) is 1.65. The highest BCUT2D eigenvalue weighted by atomic mass is 19.1. The van der Waals surface area contributed by atoms with Crippen molar-refractivity contribution >= 4 is 0 Å². The lowest BCUT2D eigenvalue weighted by Gasteiger charge is -2.03. The fourth-order valence-corrected chi connectivity index (χ4v) is 1.44. The van der Waals surface area contributed by atoms with Crippen LogP contribution in [0, 0.1) is 19.7 Å². The van der Waals surface area contributed by atoms with Crippen LogP contribution in [0.15, 0.2) is 21.5 Å². The number of aryl methyl sites for hydroxylation is 2. The van der Waals surface area contributed by atoms with Gasteiger partial charge in [0.1, 0.15) is 5.82 Å². The van der Waals surface area contributed by atoms with Crippen molar-refractivity contribution in [3.8, 4) is 11.4 Å².